The molecule has 0 saturated heterocycles. The van der Waals surface area contributed by atoms with Gasteiger partial charge in [-0.3, -0.25) is 0 Å². The van der Waals surface area contributed by atoms with Gasteiger partial charge in [0.05, 0.1) is 14.2 Å². The molecule has 0 fully saturated rings. The van der Waals surface area contributed by atoms with E-state index in [-0.39, 0.29) is 17.3 Å². The van der Waals surface area contributed by atoms with Gasteiger partial charge >= 0.3 is 5.97 Å². The van der Waals surface area contributed by atoms with Crippen molar-refractivity contribution in [2.75, 3.05) is 21.3 Å². The zero-order chi connectivity index (χ0) is 10.7. The lowest BCUT2D eigenvalue weighted by atomic mass is 10.3. The molecule has 0 amide bonds. The Hall–Kier alpha value is -1.85. The van der Waals surface area contributed by atoms with Crippen LogP contribution in [0.2, 0.25) is 0 Å². The number of aromatic nitrogens is 1. The first-order valence-corrected chi connectivity index (χ1v) is 3.77. The molecule has 0 spiro atoms. The molecule has 1 heterocycles. The standard InChI is InChI=1S/C8H11NO5/c1-12-6-4-5(8(10)11)7(13-2)9(6)14-3/h4H,1-3H3,(H,10,11). The summed E-state index contributed by atoms with van der Waals surface area (Å²) in [6.45, 7) is 0. The fourth-order valence-electron chi connectivity index (χ4n) is 1.11. The summed E-state index contributed by atoms with van der Waals surface area (Å²) in [5.41, 5.74) is -0.00815. The van der Waals surface area contributed by atoms with Gasteiger partial charge < -0.3 is 19.4 Å². The fraction of sp³-hybridized carbons (Fsp3) is 0.375. The van der Waals surface area contributed by atoms with E-state index in [4.69, 9.17) is 19.4 Å². The molecule has 0 aliphatic carbocycles. The number of methoxy groups -OCH3 is 2. The number of carboxylic acid groups (broad SMARTS) is 1. The van der Waals surface area contributed by atoms with E-state index in [9.17, 15) is 4.79 Å². The Kier molecular flexibility index (Phi) is 2.85. The highest BCUT2D eigenvalue weighted by atomic mass is 16.7. The third kappa shape index (κ3) is 1.46. The van der Waals surface area contributed by atoms with Crippen LogP contribution in [0.15, 0.2) is 6.07 Å². The lowest BCUT2D eigenvalue weighted by Gasteiger charge is -2.08. The SMILES string of the molecule is COc1cc(C(=O)O)c(OC)n1OC. The van der Waals surface area contributed by atoms with Gasteiger partial charge in [-0.15, -0.1) is 4.73 Å². The maximum absolute atomic E-state index is 10.8. The van der Waals surface area contributed by atoms with Crippen LogP contribution in [0.4, 0.5) is 0 Å². The quantitative estimate of drug-likeness (QED) is 0.756. The molecule has 0 aliphatic rings. The molecule has 6 nitrogen and oxygen atoms in total. The highest BCUT2D eigenvalue weighted by Crippen LogP contribution is 2.27. The summed E-state index contributed by atoms with van der Waals surface area (Å²) in [6, 6.07) is 1.32. The second-order valence-electron chi connectivity index (χ2n) is 2.39. The maximum atomic E-state index is 10.8. The molecule has 0 saturated carbocycles. The van der Waals surface area contributed by atoms with Crippen LogP contribution < -0.4 is 14.3 Å². The molecule has 1 aromatic rings. The Morgan fingerprint density at radius 3 is 2.36 bits per heavy atom. The van der Waals surface area contributed by atoms with Crippen molar-refractivity contribution in [3.05, 3.63) is 11.6 Å². The molecule has 1 N–H and O–H groups in total. The van der Waals surface area contributed by atoms with E-state index in [0.29, 0.717) is 0 Å². The van der Waals surface area contributed by atoms with Gasteiger partial charge in [0, 0.05) is 6.07 Å². The van der Waals surface area contributed by atoms with Crippen molar-refractivity contribution in [2.24, 2.45) is 0 Å². The third-order valence-electron chi connectivity index (χ3n) is 1.70. The van der Waals surface area contributed by atoms with E-state index in [0.717, 1.165) is 4.73 Å². The Labute approximate surface area is 80.6 Å². The Morgan fingerprint density at radius 1 is 1.36 bits per heavy atom. The largest absolute Gasteiger partial charge is 0.480 e. The molecule has 0 aromatic carbocycles. The Morgan fingerprint density at radius 2 is 2.00 bits per heavy atom. The number of nitrogens with zero attached hydrogens (tertiary/aromatic N) is 1. The molecule has 0 unspecified atom stereocenters. The van der Waals surface area contributed by atoms with E-state index in [1.807, 2.05) is 0 Å². The Bertz CT molecular complexity index is 344. The van der Waals surface area contributed by atoms with Crippen molar-refractivity contribution in [1.82, 2.24) is 4.73 Å². The van der Waals surface area contributed by atoms with Crippen LogP contribution >= 0.6 is 0 Å². The second-order valence-corrected chi connectivity index (χ2v) is 2.39. The first-order chi connectivity index (χ1) is 6.65. The van der Waals surface area contributed by atoms with Gasteiger partial charge in [0.25, 0.3) is 0 Å². The van der Waals surface area contributed by atoms with Crippen molar-refractivity contribution in [3.8, 4) is 11.8 Å². The summed E-state index contributed by atoms with van der Waals surface area (Å²) in [7, 11) is 4.16. The van der Waals surface area contributed by atoms with Gasteiger partial charge in [0.1, 0.15) is 12.7 Å². The zero-order valence-electron chi connectivity index (χ0n) is 8.10. The van der Waals surface area contributed by atoms with E-state index < -0.39 is 5.97 Å². The van der Waals surface area contributed by atoms with E-state index in [1.54, 1.807) is 0 Å². The van der Waals surface area contributed by atoms with Crippen molar-refractivity contribution in [1.29, 1.82) is 0 Å². The highest BCUT2D eigenvalue weighted by Gasteiger charge is 2.21. The smallest absolute Gasteiger partial charge is 0.341 e. The molecule has 14 heavy (non-hydrogen) atoms. The van der Waals surface area contributed by atoms with E-state index in [2.05, 4.69) is 0 Å². The number of aromatic carboxylic acids is 1. The van der Waals surface area contributed by atoms with Gasteiger partial charge in [0.15, 0.2) is 0 Å². The van der Waals surface area contributed by atoms with Crippen molar-refractivity contribution < 1.29 is 24.2 Å². The van der Waals surface area contributed by atoms with Crippen molar-refractivity contribution in [3.63, 3.8) is 0 Å². The maximum Gasteiger partial charge on any atom is 0.341 e. The van der Waals surface area contributed by atoms with Crippen LogP contribution in [0.25, 0.3) is 0 Å². The van der Waals surface area contributed by atoms with Crippen LogP contribution in [0.5, 0.6) is 11.8 Å². The first-order valence-electron chi connectivity index (χ1n) is 3.77. The highest BCUT2D eigenvalue weighted by molar-refractivity contribution is 5.91. The van der Waals surface area contributed by atoms with Gasteiger partial charge in [-0.05, 0) is 0 Å². The summed E-state index contributed by atoms with van der Waals surface area (Å²) in [6.07, 6.45) is 0. The summed E-state index contributed by atoms with van der Waals surface area (Å²) in [5.74, 6) is -0.741. The molecule has 0 bridgehead atoms. The minimum atomic E-state index is -1.10. The number of rotatable bonds is 4. The normalized spacial score (nSPS) is 9.64. The number of ether oxygens (including phenoxy) is 2. The Balaban J connectivity index is 3.31. The summed E-state index contributed by atoms with van der Waals surface area (Å²) >= 11 is 0. The van der Waals surface area contributed by atoms with Gasteiger partial charge in [-0.25, -0.2) is 4.79 Å². The number of carboxylic acids is 1. The fourth-order valence-corrected chi connectivity index (χ4v) is 1.11. The minimum Gasteiger partial charge on any atom is -0.480 e. The van der Waals surface area contributed by atoms with Crippen LogP contribution in [-0.2, 0) is 0 Å². The molecule has 6 heteroatoms. The molecule has 1 aromatic heterocycles. The van der Waals surface area contributed by atoms with Gasteiger partial charge in [-0.2, -0.15) is 0 Å². The van der Waals surface area contributed by atoms with Gasteiger partial charge in [0.2, 0.25) is 11.8 Å². The van der Waals surface area contributed by atoms with Crippen LogP contribution in [-0.4, -0.2) is 37.1 Å². The van der Waals surface area contributed by atoms with Crippen molar-refractivity contribution in [2.45, 2.75) is 0 Å². The monoisotopic (exact) mass is 201 g/mol. The average Bonchev–Trinajstić information content (AvgIpc) is 2.54. The number of hydrogen-bond acceptors (Lipinski definition) is 4. The molecule has 0 atom stereocenters. The molecular formula is C8H11NO5. The summed E-state index contributed by atoms with van der Waals surface area (Å²) in [5, 5.41) is 8.82. The van der Waals surface area contributed by atoms with E-state index in [1.165, 1.54) is 27.4 Å². The molecule has 1 rings (SSSR count). The number of hydrogen-bond donors (Lipinski definition) is 1. The molecule has 78 valence electrons. The summed E-state index contributed by atoms with van der Waals surface area (Å²) < 4.78 is 10.9. The molecule has 0 aliphatic heterocycles. The lowest BCUT2D eigenvalue weighted by Crippen LogP contribution is -2.10. The predicted octanol–water partition coefficient (Wildman–Crippen LogP) is 0.262. The van der Waals surface area contributed by atoms with E-state index >= 15 is 0 Å². The minimum absolute atomic E-state index is 0.00815. The number of carbonyl (C=O) groups is 1. The predicted molar refractivity (Wildman–Crippen MR) is 47.0 cm³/mol. The summed E-state index contributed by atoms with van der Waals surface area (Å²) in [4.78, 5) is 15.7. The third-order valence-corrected chi connectivity index (χ3v) is 1.70. The van der Waals surface area contributed by atoms with Crippen LogP contribution in [0.1, 0.15) is 10.4 Å². The molecule has 0 radical (unpaired) electrons. The second kappa shape index (κ2) is 3.91. The lowest BCUT2D eigenvalue weighted by molar-refractivity contribution is 0.0685. The molecular weight excluding hydrogens is 190 g/mol. The zero-order valence-corrected chi connectivity index (χ0v) is 8.10. The van der Waals surface area contributed by atoms with Crippen molar-refractivity contribution >= 4 is 5.97 Å². The van der Waals surface area contributed by atoms with Crippen LogP contribution in [0, 0.1) is 0 Å². The van der Waals surface area contributed by atoms with Crippen LogP contribution in [0.3, 0.4) is 0 Å². The average molecular weight is 201 g/mol. The first kappa shape index (κ1) is 10.2. The topological polar surface area (TPSA) is 69.9 Å². The van der Waals surface area contributed by atoms with Gasteiger partial charge in [-0.1, -0.05) is 0 Å².